The van der Waals surface area contributed by atoms with E-state index in [-0.39, 0.29) is 11.8 Å². The van der Waals surface area contributed by atoms with Crippen LogP contribution in [0.4, 0.5) is 0 Å². The molecule has 26 heavy (non-hydrogen) atoms. The maximum absolute atomic E-state index is 12.9. The predicted molar refractivity (Wildman–Crippen MR) is 108 cm³/mol. The summed E-state index contributed by atoms with van der Waals surface area (Å²) in [7, 11) is 0. The van der Waals surface area contributed by atoms with E-state index < -0.39 is 6.04 Å². The van der Waals surface area contributed by atoms with Crippen molar-refractivity contribution in [2.24, 2.45) is 0 Å². The number of benzene rings is 2. The molecule has 138 valence electrons. The Labute approximate surface area is 163 Å². The monoisotopic (exact) mass is 416 g/mol. The third kappa shape index (κ3) is 5.99. The molecule has 0 aromatic heterocycles. The third-order valence-electron chi connectivity index (χ3n) is 4.23. The highest BCUT2D eigenvalue weighted by Crippen LogP contribution is 2.16. The second kappa shape index (κ2) is 10.1. The first kappa shape index (κ1) is 20.2. The molecule has 0 aliphatic rings. The Morgan fingerprint density at radius 1 is 1.08 bits per heavy atom. The number of hydrogen-bond acceptors (Lipinski definition) is 2. The highest BCUT2D eigenvalue weighted by Gasteiger charge is 2.25. The zero-order chi connectivity index (χ0) is 18.9. The molecule has 1 atom stereocenters. The minimum absolute atomic E-state index is 0.0208. The number of nitrogens with one attached hydrogen (secondary N) is 1. The van der Waals surface area contributed by atoms with Crippen molar-refractivity contribution >= 4 is 27.7 Å². The van der Waals surface area contributed by atoms with Gasteiger partial charge in [-0.15, -0.1) is 0 Å². The van der Waals surface area contributed by atoms with Gasteiger partial charge >= 0.3 is 0 Å². The van der Waals surface area contributed by atoms with E-state index >= 15 is 0 Å². The number of carbonyl (C=O) groups is 2. The summed E-state index contributed by atoms with van der Waals surface area (Å²) in [6.07, 6.45) is 1.04. The van der Waals surface area contributed by atoms with Crippen molar-refractivity contribution < 1.29 is 9.59 Å². The molecule has 4 nitrogen and oxygen atoms in total. The zero-order valence-electron chi connectivity index (χ0n) is 15.2. The summed E-state index contributed by atoms with van der Waals surface area (Å²) >= 11 is 3.46. The van der Waals surface area contributed by atoms with Crippen molar-refractivity contribution in [3.63, 3.8) is 0 Å². The highest BCUT2D eigenvalue weighted by atomic mass is 79.9. The zero-order valence-corrected chi connectivity index (χ0v) is 16.8. The van der Waals surface area contributed by atoms with Gasteiger partial charge in [0, 0.05) is 24.0 Å². The Kier molecular flexibility index (Phi) is 7.85. The molecule has 0 radical (unpaired) electrons. The number of likely N-dealkylation sites (N-methyl/N-ethyl adjacent to an activating group) is 1. The molecule has 0 heterocycles. The maximum atomic E-state index is 12.9. The van der Waals surface area contributed by atoms with Crippen LogP contribution in [0, 0.1) is 0 Å². The van der Waals surface area contributed by atoms with Crippen LogP contribution in [-0.4, -0.2) is 29.3 Å². The lowest BCUT2D eigenvalue weighted by atomic mass is 10.1. The number of halogens is 1. The maximum Gasteiger partial charge on any atom is 0.242 e. The van der Waals surface area contributed by atoms with Gasteiger partial charge in [-0.05, 0) is 43.5 Å². The summed E-state index contributed by atoms with van der Waals surface area (Å²) in [6.45, 7) is 4.61. The summed E-state index contributed by atoms with van der Waals surface area (Å²) in [6, 6.07) is 17.2. The number of aryl methyl sites for hydroxylation is 1. The van der Waals surface area contributed by atoms with Crippen LogP contribution >= 0.6 is 15.9 Å². The van der Waals surface area contributed by atoms with Crippen LogP contribution in [0.15, 0.2) is 59.1 Å². The molecule has 0 aliphatic heterocycles. The van der Waals surface area contributed by atoms with E-state index in [0.29, 0.717) is 25.9 Å². The van der Waals surface area contributed by atoms with E-state index in [1.54, 1.807) is 11.8 Å². The number of carbonyl (C=O) groups excluding carboxylic acids is 2. The lowest BCUT2D eigenvalue weighted by molar-refractivity contribution is -0.140. The van der Waals surface area contributed by atoms with E-state index in [4.69, 9.17) is 0 Å². The Hall–Kier alpha value is -2.14. The molecule has 0 saturated heterocycles. The van der Waals surface area contributed by atoms with Crippen LogP contribution in [0.1, 0.15) is 31.4 Å². The molecule has 0 fully saturated rings. The molecule has 1 N–H and O–H groups in total. The minimum atomic E-state index is -0.516. The van der Waals surface area contributed by atoms with Crippen LogP contribution in [0.3, 0.4) is 0 Å². The molecule has 0 saturated carbocycles. The van der Waals surface area contributed by atoms with Gasteiger partial charge < -0.3 is 10.2 Å². The molecular weight excluding hydrogens is 392 g/mol. The van der Waals surface area contributed by atoms with Gasteiger partial charge in [0.2, 0.25) is 11.8 Å². The van der Waals surface area contributed by atoms with Gasteiger partial charge in [0.1, 0.15) is 6.04 Å². The molecule has 2 aromatic rings. The van der Waals surface area contributed by atoms with Crippen molar-refractivity contribution in [2.75, 3.05) is 6.54 Å². The second-order valence-corrected chi connectivity index (χ2v) is 7.12. The van der Waals surface area contributed by atoms with Crippen LogP contribution in [0.2, 0.25) is 0 Å². The van der Waals surface area contributed by atoms with E-state index in [9.17, 15) is 9.59 Å². The first-order valence-corrected chi connectivity index (χ1v) is 9.66. The van der Waals surface area contributed by atoms with E-state index in [1.807, 2.05) is 61.5 Å². The van der Waals surface area contributed by atoms with Crippen LogP contribution in [-0.2, 0) is 22.6 Å². The number of nitrogens with zero attached hydrogens (tertiary/aromatic N) is 1. The highest BCUT2D eigenvalue weighted by molar-refractivity contribution is 9.10. The average molecular weight is 417 g/mol. The van der Waals surface area contributed by atoms with Gasteiger partial charge in [-0.2, -0.15) is 0 Å². The molecule has 0 aliphatic carbocycles. The topological polar surface area (TPSA) is 49.4 Å². The van der Waals surface area contributed by atoms with Crippen molar-refractivity contribution in [1.82, 2.24) is 10.2 Å². The Morgan fingerprint density at radius 3 is 2.42 bits per heavy atom. The molecular formula is C21H25BrN2O2. The first-order chi connectivity index (χ1) is 12.5. The van der Waals surface area contributed by atoms with Crippen LogP contribution in [0.25, 0.3) is 0 Å². The largest absolute Gasteiger partial charge is 0.355 e. The lowest BCUT2D eigenvalue weighted by Crippen LogP contribution is -2.47. The van der Waals surface area contributed by atoms with Crippen LogP contribution < -0.4 is 5.32 Å². The molecule has 0 spiro atoms. The van der Waals surface area contributed by atoms with Gasteiger partial charge in [0.25, 0.3) is 0 Å². The molecule has 5 heteroatoms. The fourth-order valence-electron chi connectivity index (χ4n) is 2.78. The van der Waals surface area contributed by atoms with Gasteiger partial charge in [-0.3, -0.25) is 9.59 Å². The van der Waals surface area contributed by atoms with E-state index in [0.717, 1.165) is 15.6 Å². The van der Waals surface area contributed by atoms with Crippen molar-refractivity contribution in [3.05, 3.63) is 70.2 Å². The number of hydrogen-bond donors (Lipinski definition) is 1. The lowest BCUT2D eigenvalue weighted by Gasteiger charge is -2.29. The van der Waals surface area contributed by atoms with Gasteiger partial charge in [-0.1, -0.05) is 58.4 Å². The molecule has 2 amide bonds. The standard InChI is InChI=1S/C21H25BrN2O2/c1-3-23-21(26)16(2)24(15-18-10-7-11-19(22)14-18)20(25)13-12-17-8-5-4-6-9-17/h4-11,14,16H,3,12-13,15H2,1-2H3,(H,23,26)/t16-/m0/s1. The van der Waals surface area contributed by atoms with Gasteiger partial charge in [-0.25, -0.2) is 0 Å². The Morgan fingerprint density at radius 2 is 1.77 bits per heavy atom. The normalized spacial score (nSPS) is 11.7. The van der Waals surface area contributed by atoms with Crippen molar-refractivity contribution in [2.45, 2.75) is 39.3 Å². The first-order valence-electron chi connectivity index (χ1n) is 8.86. The number of amides is 2. The second-order valence-electron chi connectivity index (χ2n) is 6.21. The van der Waals surface area contributed by atoms with E-state index in [1.165, 1.54) is 0 Å². The average Bonchev–Trinajstić information content (AvgIpc) is 2.64. The smallest absolute Gasteiger partial charge is 0.242 e. The summed E-state index contributed by atoms with van der Waals surface area (Å²) < 4.78 is 0.956. The molecule has 0 unspecified atom stereocenters. The van der Waals surface area contributed by atoms with Crippen LogP contribution in [0.5, 0.6) is 0 Å². The Bertz CT molecular complexity index is 734. The summed E-state index contributed by atoms with van der Waals surface area (Å²) in [5.74, 6) is -0.150. The van der Waals surface area contributed by atoms with E-state index in [2.05, 4.69) is 21.2 Å². The fourth-order valence-corrected chi connectivity index (χ4v) is 3.22. The summed E-state index contributed by atoms with van der Waals surface area (Å²) in [5, 5.41) is 2.81. The van der Waals surface area contributed by atoms with Gasteiger partial charge in [0.05, 0.1) is 0 Å². The summed E-state index contributed by atoms with van der Waals surface area (Å²) in [4.78, 5) is 26.9. The minimum Gasteiger partial charge on any atom is -0.355 e. The summed E-state index contributed by atoms with van der Waals surface area (Å²) in [5.41, 5.74) is 2.11. The molecule has 0 bridgehead atoms. The Balaban J connectivity index is 2.12. The SMILES string of the molecule is CCNC(=O)[C@H](C)N(Cc1cccc(Br)c1)C(=O)CCc1ccccc1. The predicted octanol–water partition coefficient (Wildman–Crippen LogP) is 3.94. The van der Waals surface area contributed by atoms with Crippen molar-refractivity contribution in [3.8, 4) is 0 Å². The molecule has 2 rings (SSSR count). The fraction of sp³-hybridized carbons (Fsp3) is 0.333. The van der Waals surface area contributed by atoms with Crippen molar-refractivity contribution in [1.29, 1.82) is 0 Å². The van der Waals surface area contributed by atoms with Gasteiger partial charge in [0.15, 0.2) is 0 Å². The molecule has 2 aromatic carbocycles. The number of rotatable bonds is 8. The third-order valence-corrected chi connectivity index (χ3v) is 4.72. The quantitative estimate of drug-likeness (QED) is 0.708.